The van der Waals surface area contributed by atoms with Crippen molar-refractivity contribution in [2.24, 2.45) is 5.92 Å². The standard InChI is InChI=1S/C31H33NO6S/c1-18(2)17-37-24-13-10-22(15-20(24)5)29(34)27-28(25-7-6-14-39-25)32(31(36)30(27)35)23-11-8-21(9-12-23)16-26(33)38-19(3)4/h6-15,18-19,28,34H,16-17H2,1-5H3/b29-27-. The van der Waals surface area contributed by atoms with E-state index in [2.05, 4.69) is 13.8 Å². The Balaban J connectivity index is 1.70. The van der Waals surface area contributed by atoms with Gasteiger partial charge in [0.05, 0.1) is 24.7 Å². The van der Waals surface area contributed by atoms with Crippen molar-refractivity contribution < 1.29 is 29.0 Å². The van der Waals surface area contributed by atoms with E-state index in [4.69, 9.17) is 9.47 Å². The number of thiophene rings is 1. The van der Waals surface area contributed by atoms with Crippen LogP contribution in [0.15, 0.2) is 65.6 Å². The van der Waals surface area contributed by atoms with E-state index in [-0.39, 0.29) is 29.8 Å². The van der Waals surface area contributed by atoms with Crippen LogP contribution in [0.5, 0.6) is 5.75 Å². The van der Waals surface area contributed by atoms with Crippen LogP contribution in [0.4, 0.5) is 5.69 Å². The second kappa shape index (κ2) is 11.9. The monoisotopic (exact) mass is 547 g/mol. The van der Waals surface area contributed by atoms with Gasteiger partial charge < -0.3 is 14.6 Å². The summed E-state index contributed by atoms with van der Waals surface area (Å²) in [6.45, 7) is 10.1. The minimum Gasteiger partial charge on any atom is -0.507 e. The SMILES string of the molecule is Cc1cc(/C(O)=C2/C(=O)C(=O)N(c3ccc(CC(=O)OC(C)C)cc3)C2c2cccs2)ccc1OCC(C)C. The van der Waals surface area contributed by atoms with E-state index in [0.717, 1.165) is 16.0 Å². The highest BCUT2D eigenvalue weighted by molar-refractivity contribution is 7.10. The Morgan fingerprint density at radius 1 is 1.05 bits per heavy atom. The number of ether oxygens (including phenoxy) is 2. The van der Waals surface area contributed by atoms with Crippen molar-refractivity contribution in [1.82, 2.24) is 0 Å². The smallest absolute Gasteiger partial charge is 0.310 e. The Labute approximate surface area is 232 Å². The van der Waals surface area contributed by atoms with Crippen LogP contribution in [0.2, 0.25) is 0 Å². The minimum absolute atomic E-state index is 0.0299. The van der Waals surface area contributed by atoms with Gasteiger partial charge in [-0.3, -0.25) is 19.3 Å². The molecule has 0 spiro atoms. The number of benzene rings is 2. The highest BCUT2D eigenvalue weighted by atomic mass is 32.1. The number of rotatable bonds is 9. The second-order valence-electron chi connectivity index (χ2n) is 10.3. The van der Waals surface area contributed by atoms with Gasteiger partial charge in [0.2, 0.25) is 0 Å². The van der Waals surface area contributed by atoms with Crippen LogP contribution >= 0.6 is 11.3 Å². The molecule has 1 aliphatic heterocycles. The highest BCUT2D eigenvalue weighted by Crippen LogP contribution is 2.43. The summed E-state index contributed by atoms with van der Waals surface area (Å²) in [6, 6.07) is 15.0. The molecule has 39 heavy (non-hydrogen) atoms. The first kappa shape index (κ1) is 28.1. The summed E-state index contributed by atoms with van der Waals surface area (Å²) in [5.41, 5.74) is 2.49. The maximum Gasteiger partial charge on any atom is 0.310 e. The van der Waals surface area contributed by atoms with Gasteiger partial charge in [-0.15, -0.1) is 11.3 Å². The predicted octanol–water partition coefficient (Wildman–Crippen LogP) is 6.21. The van der Waals surface area contributed by atoms with Gasteiger partial charge in [-0.25, -0.2) is 0 Å². The largest absolute Gasteiger partial charge is 0.507 e. The second-order valence-corrected chi connectivity index (χ2v) is 11.2. The van der Waals surface area contributed by atoms with E-state index in [9.17, 15) is 19.5 Å². The van der Waals surface area contributed by atoms with Crippen LogP contribution in [0.1, 0.15) is 55.3 Å². The Hall–Kier alpha value is -3.91. The first-order valence-corrected chi connectivity index (χ1v) is 13.8. The summed E-state index contributed by atoms with van der Waals surface area (Å²) in [7, 11) is 0. The van der Waals surface area contributed by atoms with Crippen molar-refractivity contribution in [2.45, 2.75) is 53.2 Å². The molecule has 2 aromatic carbocycles. The molecule has 2 heterocycles. The summed E-state index contributed by atoms with van der Waals surface area (Å²) in [5.74, 6) is -0.993. The van der Waals surface area contributed by atoms with Crippen LogP contribution in [-0.4, -0.2) is 35.5 Å². The van der Waals surface area contributed by atoms with Crippen LogP contribution in [0, 0.1) is 12.8 Å². The molecule has 0 saturated carbocycles. The molecule has 1 unspecified atom stereocenters. The third-order valence-electron chi connectivity index (χ3n) is 6.21. The van der Waals surface area contributed by atoms with E-state index >= 15 is 0 Å². The number of aliphatic hydroxyl groups excluding tert-OH is 1. The number of aliphatic hydroxyl groups is 1. The van der Waals surface area contributed by atoms with E-state index in [1.165, 1.54) is 16.2 Å². The molecule has 1 amide bonds. The van der Waals surface area contributed by atoms with Gasteiger partial charge in [0.1, 0.15) is 17.6 Å². The molecule has 1 saturated heterocycles. The average molecular weight is 548 g/mol. The lowest BCUT2D eigenvalue weighted by Crippen LogP contribution is -2.29. The molecule has 0 bridgehead atoms. The normalized spacial score (nSPS) is 16.8. The number of amides is 1. The Morgan fingerprint density at radius 3 is 2.36 bits per heavy atom. The van der Waals surface area contributed by atoms with E-state index in [1.54, 1.807) is 56.3 Å². The Kier molecular flexibility index (Phi) is 8.55. The lowest BCUT2D eigenvalue weighted by atomic mass is 9.98. The molecule has 1 atom stereocenters. The highest BCUT2D eigenvalue weighted by Gasteiger charge is 2.47. The van der Waals surface area contributed by atoms with Crippen LogP contribution < -0.4 is 9.64 Å². The molecule has 4 rings (SSSR count). The van der Waals surface area contributed by atoms with Crippen molar-refractivity contribution >= 4 is 40.4 Å². The van der Waals surface area contributed by atoms with Crippen LogP contribution in [-0.2, 0) is 25.5 Å². The number of Topliss-reactive ketones (excluding diaryl/α,β-unsaturated/α-hetero) is 1. The molecule has 0 radical (unpaired) electrons. The van der Waals surface area contributed by atoms with Gasteiger partial charge in [0.15, 0.2) is 0 Å². The summed E-state index contributed by atoms with van der Waals surface area (Å²) in [4.78, 5) is 40.9. The molecule has 1 aromatic heterocycles. The fourth-order valence-corrected chi connectivity index (χ4v) is 5.25. The van der Waals surface area contributed by atoms with E-state index in [0.29, 0.717) is 29.5 Å². The van der Waals surface area contributed by atoms with Crippen molar-refractivity contribution in [2.75, 3.05) is 11.5 Å². The Bertz CT molecular complexity index is 1390. The molecule has 3 aromatic rings. The quantitative estimate of drug-likeness (QED) is 0.148. The summed E-state index contributed by atoms with van der Waals surface area (Å²) in [6.07, 6.45) is -0.107. The fourth-order valence-electron chi connectivity index (χ4n) is 4.43. The number of carbonyl (C=O) groups is 3. The molecule has 7 nitrogen and oxygen atoms in total. The topological polar surface area (TPSA) is 93.1 Å². The van der Waals surface area contributed by atoms with Gasteiger partial charge in [0.25, 0.3) is 11.7 Å². The molecule has 1 fully saturated rings. The van der Waals surface area contributed by atoms with Gasteiger partial charge in [-0.2, -0.15) is 0 Å². The first-order valence-electron chi connectivity index (χ1n) is 12.9. The Morgan fingerprint density at radius 2 is 1.77 bits per heavy atom. The summed E-state index contributed by atoms with van der Waals surface area (Å²) < 4.78 is 11.1. The molecule has 8 heteroatoms. The lowest BCUT2D eigenvalue weighted by Gasteiger charge is -2.24. The predicted molar refractivity (Wildman–Crippen MR) is 152 cm³/mol. The maximum absolute atomic E-state index is 13.4. The number of carbonyl (C=O) groups excluding carboxylic acids is 3. The number of ketones is 1. The van der Waals surface area contributed by atoms with Gasteiger partial charge >= 0.3 is 5.97 Å². The third-order valence-corrected chi connectivity index (χ3v) is 7.13. The van der Waals surface area contributed by atoms with Crippen LogP contribution in [0.25, 0.3) is 5.76 Å². The molecular formula is C31H33NO6S. The fraction of sp³-hybridized carbons (Fsp3) is 0.323. The van der Waals surface area contributed by atoms with Gasteiger partial charge in [-0.05, 0) is 79.6 Å². The molecule has 1 aliphatic rings. The average Bonchev–Trinajstić information content (AvgIpc) is 3.49. The molecule has 204 valence electrons. The number of esters is 1. The molecule has 1 N–H and O–H groups in total. The van der Waals surface area contributed by atoms with Crippen molar-refractivity contribution in [3.05, 3.63) is 87.1 Å². The number of hydrogen-bond acceptors (Lipinski definition) is 7. The number of hydrogen-bond donors (Lipinski definition) is 1. The zero-order valence-corrected chi connectivity index (χ0v) is 23.6. The third kappa shape index (κ3) is 6.23. The van der Waals surface area contributed by atoms with Gasteiger partial charge in [-0.1, -0.05) is 32.0 Å². The first-order chi connectivity index (χ1) is 18.6. The molecule has 0 aliphatic carbocycles. The summed E-state index contributed by atoms with van der Waals surface area (Å²) in [5, 5.41) is 13.2. The number of anilines is 1. The van der Waals surface area contributed by atoms with E-state index < -0.39 is 17.7 Å². The zero-order chi connectivity index (χ0) is 28.3. The van der Waals surface area contributed by atoms with Crippen LogP contribution in [0.3, 0.4) is 0 Å². The van der Waals surface area contributed by atoms with Crippen molar-refractivity contribution in [3.63, 3.8) is 0 Å². The lowest BCUT2D eigenvalue weighted by molar-refractivity contribution is -0.146. The molecular weight excluding hydrogens is 514 g/mol. The maximum atomic E-state index is 13.4. The summed E-state index contributed by atoms with van der Waals surface area (Å²) >= 11 is 1.40. The number of nitrogens with zero attached hydrogens (tertiary/aromatic N) is 1. The van der Waals surface area contributed by atoms with Gasteiger partial charge in [0, 0.05) is 16.1 Å². The van der Waals surface area contributed by atoms with Crippen molar-refractivity contribution in [3.8, 4) is 5.75 Å². The van der Waals surface area contributed by atoms with Crippen molar-refractivity contribution in [1.29, 1.82) is 0 Å². The van der Waals surface area contributed by atoms with E-state index in [1.807, 2.05) is 24.4 Å². The minimum atomic E-state index is -0.793. The number of aryl methyl sites for hydroxylation is 1. The zero-order valence-electron chi connectivity index (χ0n) is 22.8.